The van der Waals surface area contributed by atoms with Gasteiger partial charge in [-0.15, -0.1) is 0 Å². The fourth-order valence-corrected chi connectivity index (χ4v) is 0.802. The summed E-state index contributed by atoms with van der Waals surface area (Å²) < 4.78 is 14.8. The van der Waals surface area contributed by atoms with Gasteiger partial charge in [-0.2, -0.15) is 0 Å². The molecule has 0 bridgehead atoms. The Bertz CT molecular complexity index is 169. The van der Waals surface area contributed by atoms with Gasteiger partial charge in [-0.3, -0.25) is 9.65 Å². The maximum absolute atomic E-state index is 10.7. The van der Waals surface area contributed by atoms with Crippen molar-refractivity contribution in [3.63, 3.8) is 0 Å². The van der Waals surface area contributed by atoms with E-state index in [2.05, 4.69) is 4.74 Å². The first-order chi connectivity index (χ1) is 4.52. The second-order valence-corrected chi connectivity index (χ2v) is 3.88. The summed E-state index contributed by atoms with van der Waals surface area (Å²) in [6.07, 6.45) is -0.880. The summed E-state index contributed by atoms with van der Waals surface area (Å²) in [4.78, 5) is 19.1. The summed E-state index contributed by atoms with van der Waals surface area (Å²) in [7, 11) is -2.34. The average molecular weight is 167 g/mol. The van der Waals surface area contributed by atoms with E-state index in [1.807, 2.05) is 0 Å². The lowest BCUT2D eigenvalue weighted by atomic mass is 11.0. The Kier molecular flexibility index (Phi) is 3.39. The number of nitrogens with one attached hydrogen (secondary N) is 1. The van der Waals surface area contributed by atoms with Crippen LogP contribution in [0.15, 0.2) is 0 Å². The van der Waals surface area contributed by atoms with Crippen molar-refractivity contribution in [1.82, 2.24) is 5.09 Å². The minimum atomic E-state index is -3.47. The van der Waals surface area contributed by atoms with Crippen LogP contribution in [0.1, 0.15) is 6.92 Å². The lowest BCUT2D eigenvalue weighted by molar-refractivity contribution is 0.176. The predicted octanol–water partition coefficient (Wildman–Crippen LogP) is 0.548. The second kappa shape index (κ2) is 3.58. The molecule has 2 N–H and O–H groups in total. The fraction of sp³-hybridized carbons (Fsp3) is 0.750. The highest BCUT2D eigenvalue weighted by Crippen LogP contribution is 2.33. The zero-order chi connectivity index (χ0) is 8.20. The molecule has 0 saturated carbocycles. The van der Waals surface area contributed by atoms with Gasteiger partial charge in [-0.1, -0.05) is 6.92 Å². The number of carbonyl (C=O) groups excluding carboxylic acids is 1. The normalized spacial score (nSPS) is 15.5. The topological polar surface area (TPSA) is 75.6 Å². The van der Waals surface area contributed by atoms with Crippen LogP contribution in [-0.4, -0.2) is 24.3 Å². The summed E-state index contributed by atoms with van der Waals surface area (Å²) in [6, 6.07) is 0. The number of ether oxygens (including phenoxy) is 1. The quantitative estimate of drug-likeness (QED) is 0.588. The maximum Gasteiger partial charge on any atom is 0.414 e. The Labute approximate surface area is 58.9 Å². The highest BCUT2D eigenvalue weighted by molar-refractivity contribution is 7.56. The van der Waals surface area contributed by atoms with Gasteiger partial charge in [0, 0.05) is 6.16 Å². The van der Waals surface area contributed by atoms with E-state index in [0.717, 1.165) is 7.11 Å². The molecule has 0 aliphatic carbocycles. The van der Waals surface area contributed by atoms with Crippen LogP contribution in [0.5, 0.6) is 0 Å². The Balaban J connectivity index is 3.89. The lowest BCUT2D eigenvalue weighted by Crippen LogP contribution is -2.20. The van der Waals surface area contributed by atoms with E-state index in [0.29, 0.717) is 0 Å². The minimum absolute atomic E-state index is 0.00208. The molecule has 0 saturated heterocycles. The predicted molar refractivity (Wildman–Crippen MR) is 35.9 cm³/mol. The average Bonchev–Trinajstić information content (AvgIpc) is 1.87. The molecule has 10 heavy (non-hydrogen) atoms. The molecule has 0 spiro atoms. The molecule has 1 atom stereocenters. The molecule has 1 unspecified atom stereocenters. The molecule has 0 radical (unpaired) electrons. The number of amides is 1. The maximum atomic E-state index is 10.7. The van der Waals surface area contributed by atoms with Gasteiger partial charge in [0.2, 0.25) is 0 Å². The summed E-state index contributed by atoms with van der Waals surface area (Å²) in [6.45, 7) is 1.50. The molecule has 0 fully saturated rings. The van der Waals surface area contributed by atoms with Gasteiger partial charge in [0.25, 0.3) is 7.52 Å². The Morgan fingerprint density at radius 1 is 1.80 bits per heavy atom. The summed E-state index contributed by atoms with van der Waals surface area (Å²) in [5, 5.41) is 1.81. The molecule has 0 aromatic rings. The molecule has 0 aromatic heterocycles. The van der Waals surface area contributed by atoms with E-state index in [4.69, 9.17) is 4.89 Å². The smallest absolute Gasteiger partial charge is 0.414 e. The first kappa shape index (κ1) is 9.46. The van der Waals surface area contributed by atoms with Crippen molar-refractivity contribution in [2.45, 2.75) is 6.92 Å². The highest BCUT2D eigenvalue weighted by Gasteiger charge is 2.17. The van der Waals surface area contributed by atoms with Crippen LogP contribution in [-0.2, 0) is 9.30 Å². The van der Waals surface area contributed by atoms with E-state index in [1.165, 1.54) is 6.92 Å². The first-order valence-electron chi connectivity index (χ1n) is 2.70. The molecule has 0 aliphatic heterocycles. The Morgan fingerprint density at radius 2 is 2.30 bits per heavy atom. The van der Waals surface area contributed by atoms with Gasteiger partial charge >= 0.3 is 6.09 Å². The van der Waals surface area contributed by atoms with Crippen molar-refractivity contribution in [3.8, 4) is 0 Å². The number of hydrogen-bond donors (Lipinski definition) is 2. The van der Waals surface area contributed by atoms with Gasteiger partial charge in [0.05, 0.1) is 7.11 Å². The third kappa shape index (κ3) is 3.48. The van der Waals surface area contributed by atoms with Crippen LogP contribution in [0.4, 0.5) is 4.79 Å². The molecule has 0 rings (SSSR count). The molecule has 5 nitrogen and oxygen atoms in total. The number of carbonyl (C=O) groups is 1. The van der Waals surface area contributed by atoms with E-state index < -0.39 is 13.6 Å². The van der Waals surface area contributed by atoms with Crippen molar-refractivity contribution >= 4 is 13.6 Å². The van der Waals surface area contributed by atoms with Gasteiger partial charge in [0.1, 0.15) is 0 Å². The van der Waals surface area contributed by atoms with Crippen LogP contribution < -0.4 is 5.09 Å². The van der Waals surface area contributed by atoms with Crippen LogP contribution in [0, 0.1) is 0 Å². The first-order valence-corrected chi connectivity index (χ1v) is 4.54. The van der Waals surface area contributed by atoms with Crippen LogP contribution in [0.2, 0.25) is 0 Å². The minimum Gasteiger partial charge on any atom is -0.453 e. The Hall–Kier alpha value is -0.540. The Morgan fingerprint density at radius 3 is 2.60 bits per heavy atom. The van der Waals surface area contributed by atoms with E-state index in [1.54, 1.807) is 5.09 Å². The molecule has 0 aliphatic rings. The summed E-state index contributed by atoms with van der Waals surface area (Å²) in [5.74, 6) is 0. The molecular formula is C4H10NO4P. The van der Waals surface area contributed by atoms with Crippen molar-refractivity contribution in [3.05, 3.63) is 0 Å². The van der Waals surface area contributed by atoms with E-state index in [9.17, 15) is 9.36 Å². The number of rotatable bonds is 2. The number of methoxy groups -OCH3 is 1. The fourth-order valence-electron chi connectivity index (χ4n) is 0.267. The number of hydrogen-bond acceptors (Lipinski definition) is 3. The largest absolute Gasteiger partial charge is 0.453 e. The highest BCUT2D eigenvalue weighted by atomic mass is 31.2. The third-order valence-corrected chi connectivity index (χ3v) is 2.27. The second-order valence-electron chi connectivity index (χ2n) is 1.62. The third-order valence-electron chi connectivity index (χ3n) is 0.880. The lowest BCUT2D eigenvalue weighted by Gasteiger charge is -2.08. The molecule has 0 aromatic carbocycles. The zero-order valence-corrected chi connectivity index (χ0v) is 6.72. The van der Waals surface area contributed by atoms with E-state index >= 15 is 0 Å². The van der Waals surface area contributed by atoms with Gasteiger partial charge in [-0.05, 0) is 0 Å². The van der Waals surface area contributed by atoms with Crippen molar-refractivity contribution in [1.29, 1.82) is 0 Å². The zero-order valence-electron chi connectivity index (χ0n) is 5.83. The summed E-state index contributed by atoms with van der Waals surface area (Å²) in [5.41, 5.74) is 0. The van der Waals surface area contributed by atoms with Crippen LogP contribution in [0.3, 0.4) is 0 Å². The molecule has 1 amide bonds. The molecular weight excluding hydrogens is 157 g/mol. The van der Waals surface area contributed by atoms with Gasteiger partial charge in [-0.25, -0.2) is 4.79 Å². The summed E-state index contributed by atoms with van der Waals surface area (Å²) >= 11 is 0. The molecule has 6 heteroatoms. The monoisotopic (exact) mass is 167 g/mol. The van der Waals surface area contributed by atoms with E-state index in [-0.39, 0.29) is 6.16 Å². The van der Waals surface area contributed by atoms with Crippen molar-refractivity contribution < 1.29 is 19.0 Å². The molecule has 0 heterocycles. The molecule has 60 valence electrons. The van der Waals surface area contributed by atoms with Crippen molar-refractivity contribution in [2.24, 2.45) is 0 Å². The van der Waals surface area contributed by atoms with Crippen LogP contribution >= 0.6 is 7.52 Å². The van der Waals surface area contributed by atoms with Gasteiger partial charge < -0.3 is 9.63 Å². The SMILES string of the molecule is CCP(=O)(O)NC(=O)OC. The van der Waals surface area contributed by atoms with Crippen molar-refractivity contribution in [2.75, 3.05) is 13.3 Å². The van der Waals surface area contributed by atoms with Gasteiger partial charge in [0.15, 0.2) is 0 Å². The standard InChI is InChI=1S/C4H10NO4P/c1-3-10(7,8)5-4(6)9-2/h3H2,1-2H3,(H2,5,6,7,8). The van der Waals surface area contributed by atoms with Crippen LogP contribution in [0.25, 0.3) is 0 Å².